The number of hydrogen-bond acceptors (Lipinski definition) is 5. The normalized spacial score (nSPS) is 18.4. The van der Waals surface area contributed by atoms with Gasteiger partial charge >= 0.3 is 0 Å². The van der Waals surface area contributed by atoms with Crippen LogP contribution in [-0.2, 0) is 0 Å². The predicted molar refractivity (Wildman–Crippen MR) is 164 cm³/mol. The fourth-order valence-corrected chi connectivity index (χ4v) is 6.55. The maximum absolute atomic E-state index is 13.6. The highest BCUT2D eigenvalue weighted by atomic mass is 19.1. The van der Waals surface area contributed by atoms with E-state index < -0.39 is 0 Å². The van der Waals surface area contributed by atoms with Gasteiger partial charge in [-0.1, -0.05) is 36.8 Å². The molecule has 2 fully saturated rings. The Kier molecular flexibility index (Phi) is 5.98. The fourth-order valence-electron chi connectivity index (χ4n) is 6.55. The van der Waals surface area contributed by atoms with E-state index in [0.717, 1.165) is 81.2 Å². The summed E-state index contributed by atoms with van der Waals surface area (Å²) in [4.78, 5) is 15.6. The molecule has 42 heavy (non-hydrogen) atoms. The number of imidazole rings is 1. The van der Waals surface area contributed by atoms with Crippen molar-refractivity contribution in [1.29, 1.82) is 0 Å². The second-order valence-corrected chi connectivity index (χ2v) is 11.6. The molecule has 0 atom stereocenters. The number of allylic oxidation sites excluding steroid dienone is 3. The first-order valence-corrected chi connectivity index (χ1v) is 14.9. The molecular weight excluding hydrogens is 525 g/mol. The minimum atomic E-state index is -0.241. The molecule has 4 aliphatic rings. The minimum Gasteiger partial charge on any atom is -0.489 e. The quantitative estimate of drug-likeness (QED) is 0.253. The van der Waals surface area contributed by atoms with Crippen LogP contribution in [0.5, 0.6) is 5.75 Å². The van der Waals surface area contributed by atoms with Gasteiger partial charge in [0, 0.05) is 46.4 Å². The Bertz CT molecular complexity index is 1840. The molecule has 4 aromatic rings. The second-order valence-electron chi connectivity index (χ2n) is 11.6. The number of hydrogen-bond donors (Lipinski definition) is 2. The number of H-pyrrole nitrogens is 1. The van der Waals surface area contributed by atoms with Crippen molar-refractivity contribution in [2.75, 3.05) is 13.1 Å². The van der Waals surface area contributed by atoms with Gasteiger partial charge in [-0.3, -0.25) is 4.98 Å². The zero-order chi connectivity index (χ0) is 28.2. The molecule has 2 aromatic carbocycles. The summed E-state index contributed by atoms with van der Waals surface area (Å²) in [6, 6.07) is 12.9. The lowest BCUT2D eigenvalue weighted by molar-refractivity contribution is 0.154. The van der Waals surface area contributed by atoms with Crippen molar-refractivity contribution in [1.82, 2.24) is 25.2 Å². The highest BCUT2D eigenvalue weighted by Crippen LogP contribution is 2.46. The van der Waals surface area contributed by atoms with Crippen LogP contribution in [0.25, 0.3) is 33.4 Å². The summed E-state index contributed by atoms with van der Waals surface area (Å²) >= 11 is 0. The summed E-state index contributed by atoms with van der Waals surface area (Å²) in [5.74, 6) is 1.45. The number of rotatable bonds is 5. The summed E-state index contributed by atoms with van der Waals surface area (Å²) in [6.45, 7) is 3.65. The molecule has 0 bridgehead atoms. The summed E-state index contributed by atoms with van der Waals surface area (Å²) in [6.07, 6.45) is 16.6. The Balaban J connectivity index is 1.14. The van der Waals surface area contributed by atoms with Gasteiger partial charge < -0.3 is 19.9 Å². The van der Waals surface area contributed by atoms with Crippen molar-refractivity contribution < 1.29 is 9.13 Å². The van der Waals surface area contributed by atoms with Gasteiger partial charge in [0.15, 0.2) is 0 Å². The molecule has 3 aliphatic heterocycles. The molecule has 6 nitrogen and oxygen atoms in total. The van der Waals surface area contributed by atoms with Crippen molar-refractivity contribution in [2.24, 2.45) is 0 Å². The van der Waals surface area contributed by atoms with E-state index in [1.54, 1.807) is 0 Å². The number of benzene rings is 2. The minimum absolute atomic E-state index is 0.241. The zero-order valence-electron chi connectivity index (χ0n) is 23.6. The van der Waals surface area contributed by atoms with E-state index >= 15 is 0 Å². The molecule has 0 unspecified atom stereocenters. The third kappa shape index (κ3) is 4.40. The molecule has 1 aliphatic carbocycles. The van der Waals surface area contributed by atoms with Crippen molar-refractivity contribution in [3.8, 4) is 16.9 Å². The molecule has 2 aromatic heterocycles. The van der Waals surface area contributed by atoms with Crippen molar-refractivity contribution >= 4 is 22.3 Å². The Hall–Kier alpha value is -4.65. The largest absolute Gasteiger partial charge is 0.489 e. The number of aromatic amines is 1. The highest BCUT2D eigenvalue weighted by molar-refractivity contribution is 5.97. The average Bonchev–Trinajstić information content (AvgIpc) is 3.69. The maximum atomic E-state index is 13.6. The lowest BCUT2D eigenvalue weighted by Gasteiger charge is -2.23. The van der Waals surface area contributed by atoms with Gasteiger partial charge in [0.1, 0.15) is 17.4 Å². The molecule has 8 rings (SSSR count). The Morgan fingerprint density at radius 3 is 2.69 bits per heavy atom. The van der Waals surface area contributed by atoms with Crippen LogP contribution in [0.15, 0.2) is 90.1 Å². The topological polar surface area (TPSA) is 65.8 Å². The van der Waals surface area contributed by atoms with Gasteiger partial charge in [-0.25, -0.2) is 9.37 Å². The van der Waals surface area contributed by atoms with Crippen LogP contribution in [0.4, 0.5) is 4.39 Å². The Labute approximate surface area is 244 Å². The van der Waals surface area contributed by atoms with Crippen molar-refractivity contribution in [3.05, 3.63) is 113 Å². The van der Waals surface area contributed by atoms with Crippen LogP contribution in [0.2, 0.25) is 0 Å². The number of pyridine rings is 1. The first-order valence-electron chi connectivity index (χ1n) is 14.9. The van der Waals surface area contributed by atoms with E-state index in [0.29, 0.717) is 6.54 Å². The van der Waals surface area contributed by atoms with Gasteiger partial charge in [-0.05, 0) is 74.1 Å². The molecule has 7 heteroatoms. The van der Waals surface area contributed by atoms with Crippen LogP contribution < -0.4 is 10.1 Å². The van der Waals surface area contributed by atoms with Crippen LogP contribution in [0.1, 0.15) is 49.1 Å². The van der Waals surface area contributed by atoms with Crippen LogP contribution in [0.3, 0.4) is 0 Å². The monoisotopic (exact) mass is 557 g/mol. The Morgan fingerprint density at radius 1 is 0.976 bits per heavy atom. The molecule has 1 saturated heterocycles. The maximum Gasteiger partial charge on any atom is 0.139 e. The van der Waals surface area contributed by atoms with Gasteiger partial charge in [0.2, 0.25) is 0 Å². The average molecular weight is 558 g/mol. The van der Waals surface area contributed by atoms with E-state index in [-0.39, 0.29) is 11.9 Å². The predicted octanol–water partition coefficient (Wildman–Crippen LogP) is 7.28. The molecule has 0 radical (unpaired) electrons. The summed E-state index contributed by atoms with van der Waals surface area (Å²) in [5.41, 5.74) is 11.8. The van der Waals surface area contributed by atoms with Crippen LogP contribution in [0, 0.1) is 12.7 Å². The number of fused-ring (bicyclic) bond motifs is 3. The molecular formula is C35H32FN5O. The molecule has 5 heterocycles. The molecule has 2 N–H and O–H groups in total. The zero-order valence-corrected chi connectivity index (χ0v) is 23.6. The first-order chi connectivity index (χ1) is 20.6. The number of nitrogens with one attached hydrogen (secondary N) is 2. The number of halogens is 1. The van der Waals surface area contributed by atoms with Crippen LogP contribution in [-0.4, -0.2) is 39.0 Å². The second kappa shape index (κ2) is 10.0. The number of aromatic nitrogens is 3. The number of nitrogens with zero attached hydrogens (tertiary/aromatic N) is 3. The Morgan fingerprint density at radius 2 is 1.83 bits per heavy atom. The standard InChI is InChI=1S/C35H32FN5O/c1-21-7-12-27(22-8-10-24(36)11-9-22)34-33(21)39-35(40-34)28-15-16-38-29-13-14-30(41-20-31(41)32(28)29)23-17-26(19-37-18-23)42-25-5-3-2-4-6-25/h7-15,17-19,25,38H,2-6,16,20H2,1H3,(H,39,40). The van der Waals surface area contributed by atoms with Gasteiger partial charge in [0.25, 0.3) is 0 Å². The van der Waals surface area contributed by atoms with Gasteiger partial charge in [-0.2, -0.15) is 0 Å². The van der Waals surface area contributed by atoms with Crippen LogP contribution >= 0.6 is 0 Å². The highest BCUT2D eigenvalue weighted by Gasteiger charge is 2.38. The van der Waals surface area contributed by atoms with Gasteiger partial charge in [0.05, 0.1) is 35.6 Å². The van der Waals surface area contributed by atoms with E-state index in [1.807, 2.05) is 24.5 Å². The van der Waals surface area contributed by atoms with E-state index in [9.17, 15) is 4.39 Å². The fraction of sp³-hybridized carbons (Fsp3) is 0.257. The molecule has 210 valence electrons. The SMILES string of the molecule is Cc1ccc(-c2ccc(F)cc2)c2[nH]c(C3=CCNC4=CC=C(c5cncc(OC6CCCCC6)c5)N5CC5=C43)nc12. The smallest absolute Gasteiger partial charge is 0.139 e. The lowest BCUT2D eigenvalue weighted by atomic mass is 9.97. The summed E-state index contributed by atoms with van der Waals surface area (Å²) in [5, 5.41) is 3.58. The third-order valence-electron chi connectivity index (χ3n) is 8.78. The third-order valence-corrected chi connectivity index (χ3v) is 8.78. The number of ether oxygens (including phenoxy) is 1. The lowest BCUT2D eigenvalue weighted by Crippen LogP contribution is -2.21. The van der Waals surface area contributed by atoms with Crippen molar-refractivity contribution in [3.63, 3.8) is 0 Å². The van der Waals surface area contributed by atoms with E-state index in [2.05, 4.69) is 63.5 Å². The van der Waals surface area contributed by atoms with E-state index in [4.69, 9.17) is 9.72 Å². The van der Waals surface area contributed by atoms with Gasteiger partial charge in [-0.15, -0.1) is 0 Å². The summed E-state index contributed by atoms with van der Waals surface area (Å²) in [7, 11) is 0. The first kappa shape index (κ1) is 25.1. The van der Waals surface area contributed by atoms with E-state index in [1.165, 1.54) is 42.7 Å². The number of aryl methyl sites for hydroxylation is 1. The molecule has 0 amide bonds. The molecule has 0 spiro atoms. The summed E-state index contributed by atoms with van der Waals surface area (Å²) < 4.78 is 20.0. The molecule has 1 saturated carbocycles. The van der Waals surface area contributed by atoms with Crippen molar-refractivity contribution in [2.45, 2.75) is 45.1 Å².